The van der Waals surface area contributed by atoms with E-state index in [9.17, 15) is 0 Å². The van der Waals surface area contributed by atoms with Gasteiger partial charge in [0, 0.05) is 17.8 Å². The summed E-state index contributed by atoms with van der Waals surface area (Å²) in [4.78, 5) is 4.59. The molecule has 0 saturated carbocycles. The van der Waals surface area contributed by atoms with Gasteiger partial charge in [0.2, 0.25) is 5.88 Å². The molecule has 0 fully saturated rings. The van der Waals surface area contributed by atoms with Gasteiger partial charge in [0.1, 0.15) is 11.6 Å². The van der Waals surface area contributed by atoms with Crippen molar-refractivity contribution in [1.29, 1.82) is 5.26 Å². The van der Waals surface area contributed by atoms with Crippen molar-refractivity contribution in [3.05, 3.63) is 77.0 Å². The number of anilines is 2. The Hall–Kier alpha value is -3.85. The number of aryl methyl sites for hydroxylation is 3. The third-order valence-electron chi connectivity index (χ3n) is 4.45. The molecule has 0 unspecified atom stereocenters. The van der Waals surface area contributed by atoms with Gasteiger partial charge in [-0.1, -0.05) is 17.7 Å². The van der Waals surface area contributed by atoms with E-state index in [1.807, 2.05) is 62.4 Å². The van der Waals surface area contributed by atoms with E-state index in [4.69, 9.17) is 10.00 Å². The second-order valence-electron chi connectivity index (χ2n) is 6.72. The highest BCUT2D eigenvalue weighted by Gasteiger charge is 2.13. The Morgan fingerprint density at radius 1 is 1.00 bits per heavy atom. The molecule has 4 aromatic rings. The molecule has 0 spiro atoms. The van der Waals surface area contributed by atoms with Crippen LogP contribution in [0.2, 0.25) is 0 Å². The predicted octanol–water partition coefficient (Wildman–Crippen LogP) is 5.06. The zero-order valence-corrected chi connectivity index (χ0v) is 15.9. The van der Waals surface area contributed by atoms with E-state index in [0.717, 1.165) is 16.8 Å². The number of ether oxygens (including phenoxy) is 1. The molecule has 2 aromatic carbocycles. The van der Waals surface area contributed by atoms with Gasteiger partial charge in [-0.25, -0.2) is 4.98 Å². The summed E-state index contributed by atoms with van der Waals surface area (Å²) in [7, 11) is 0. The standard InChI is InChI=1S/C22H19N5O/c1-14-4-6-18(7-5-14)25-19-12-21(27-20(26-19)8-9-24-27)28-22-15(2)10-17(13-23)11-16(22)3/h4-12H,1-3H3,(H,25,26). The van der Waals surface area contributed by atoms with Crippen LogP contribution in [0, 0.1) is 32.1 Å². The molecule has 0 atom stereocenters. The first kappa shape index (κ1) is 17.6. The lowest BCUT2D eigenvalue weighted by Gasteiger charge is -2.14. The summed E-state index contributed by atoms with van der Waals surface area (Å²) in [6.45, 7) is 5.90. The van der Waals surface area contributed by atoms with Crippen LogP contribution >= 0.6 is 0 Å². The number of nitrogens with zero attached hydrogens (tertiary/aromatic N) is 4. The maximum absolute atomic E-state index is 9.15. The van der Waals surface area contributed by atoms with Crippen LogP contribution in [0.25, 0.3) is 5.65 Å². The number of hydrogen-bond acceptors (Lipinski definition) is 5. The molecule has 0 aliphatic heterocycles. The fraction of sp³-hybridized carbons (Fsp3) is 0.136. The minimum absolute atomic E-state index is 0.542. The van der Waals surface area contributed by atoms with Gasteiger partial charge in [-0.3, -0.25) is 0 Å². The molecule has 138 valence electrons. The third-order valence-corrected chi connectivity index (χ3v) is 4.45. The first-order valence-corrected chi connectivity index (χ1v) is 8.91. The van der Waals surface area contributed by atoms with Crippen LogP contribution in [0.3, 0.4) is 0 Å². The molecule has 2 heterocycles. The molecule has 0 bridgehead atoms. The van der Waals surface area contributed by atoms with Gasteiger partial charge in [0.15, 0.2) is 5.65 Å². The van der Waals surface area contributed by atoms with Crippen LogP contribution in [-0.4, -0.2) is 14.6 Å². The lowest BCUT2D eigenvalue weighted by atomic mass is 10.1. The van der Waals surface area contributed by atoms with Crippen LogP contribution in [0.1, 0.15) is 22.3 Å². The molecule has 0 aliphatic carbocycles. The normalized spacial score (nSPS) is 10.6. The second-order valence-corrected chi connectivity index (χ2v) is 6.72. The zero-order valence-electron chi connectivity index (χ0n) is 15.9. The fourth-order valence-electron chi connectivity index (χ4n) is 3.09. The number of fused-ring (bicyclic) bond motifs is 1. The van der Waals surface area contributed by atoms with Crippen LogP contribution in [0.15, 0.2) is 54.7 Å². The molecule has 0 amide bonds. The van der Waals surface area contributed by atoms with Gasteiger partial charge in [-0.2, -0.15) is 14.9 Å². The van der Waals surface area contributed by atoms with Crippen molar-refractivity contribution in [2.24, 2.45) is 0 Å². The van der Waals surface area contributed by atoms with Crippen molar-refractivity contribution >= 4 is 17.2 Å². The number of nitriles is 1. The minimum atomic E-state index is 0.542. The van der Waals surface area contributed by atoms with Crippen molar-refractivity contribution in [1.82, 2.24) is 14.6 Å². The molecule has 28 heavy (non-hydrogen) atoms. The highest BCUT2D eigenvalue weighted by Crippen LogP contribution is 2.31. The maximum atomic E-state index is 9.15. The number of rotatable bonds is 4. The number of nitrogens with one attached hydrogen (secondary N) is 1. The summed E-state index contributed by atoms with van der Waals surface area (Å²) in [5.41, 5.74) is 5.21. The Kier molecular flexibility index (Phi) is 4.42. The van der Waals surface area contributed by atoms with Crippen molar-refractivity contribution in [2.45, 2.75) is 20.8 Å². The zero-order chi connectivity index (χ0) is 19.7. The van der Waals surface area contributed by atoms with Gasteiger partial charge in [-0.15, -0.1) is 0 Å². The highest BCUT2D eigenvalue weighted by molar-refractivity contribution is 5.61. The average Bonchev–Trinajstić information content (AvgIpc) is 3.15. The molecule has 1 N–H and O–H groups in total. The van der Waals surface area contributed by atoms with Crippen molar-refractivity contribution in [3.8, 4) is 17.7 Å². The maximum Gasteiger partial charge on any atom is 0.226 e. The van der Waals surface area contributed by atoms with E-state index in [1.54, 1.807) is 10.7 Å². The summed E-state index contributed by atoms with van der Waals surface area (Å²) in [5.74, 6) is 1.92. The molecule has 6 heteroatoms. The molecule has 4 rings (SSSR count). The molecular formula is C22H19N5O. The lowest BCUT2D eigenvalue weighted by molar-refractivity contribution is 0.440. The number of benzene rings is 2. The van der Waals surface area contributed by atoms with Crippen molar-refractivity contribution < 1.29 is 4.74 Å². The van der Waals surface area contributed by atoms with Crippen molar-refractivity contribution in [2.75, 3.05) is 5.32 Å². The topological polar surface area (TPSA) is 75.2 Å². The monoisotopic (exact) mass is 369 g/mol. The van der Waals surface area contributed by atoms with E-state index in [2.05, 4.69) is 28.4 Å². The number of aromatic nitrogens is 3. The summed E-state index contributed by atoms with van der Waals surface area (Å²) in [6, 6.07) is 17.5. The van der Waals surface area contributed by atoms with Crippen LogP contribution in [0.4, 0.5) is 11.5 Å². The van der Waals surface area contributed by atoms with Crippen LogP contribution in [0.5, 0.6) is 11.6 Å². The van der Waals surface area contributed by atoms with E-state index in [-0.39, 0.29) is 0 Å². The first-order valence-electron chi connectivity index (χ1n) is 8.91. The summed E-state index contributed by atoms with van der Waals surface area (Å²) in [5, 5.41) is 16.8. The van der Waals surface area contributed by atoms with E-state index in [0.29, 0.717) is 28.7 Å². The third kappa shape index (κ3) is 3.38. The van der Waals surface area contributed by atoms with Gasteiger partial charge in [0.25, 0.3) is 0 Å². The summed E-state index contributed by atoms with van der Waals surface area (Å²) >= 11 is 0. The lowest BCUT2D eigenvalue weighted by Crippen LogP contribution is -2.02. The Morgan fingerprint density at radius 3 is 2.39 bits per heavy atom. The predicted molar refractivity (Wildman–Crippen MR) is 108 cm³/mol. The number of hydrogen-bond donors (Lipinski definition) is 1. The smallest absolute Gasteiger partial charge is 0.226 e. The highest BCUT2D eigenvalue weighted by atomic mass is 16.5. The van der Waals surface area contributed by atoms with E-state index >= 15 is 0 Å². The molecule has 0 aliphatic rings. The fourth-order valence-corrected chi connectivity index (χ4v) is 3.09. The largest absolute Gasteiger partial charge is 0.438 e. The van der Waals surface area contributed by atoms with E-state index in [1.165, 1.54) is 5.56 Å². The van der Waals surface area contributed by atoms with Gasteiger partial charge in [0.05, 0.1) is 17.8 Å². The Bertz CT molecular complexity index is 1180. The Labute approximate surface area is 163 Å². The Morgan fingerprint density at radius 2 is 1.71 bits per heavy atom. The SMILES string of the molecule is Cc1ccc(Nc2cc(Oc3c(C)cc(C#N)cc3C)n3nccc3n2)cc1. The van der Waals surface area contributed by atoms with Crippen molar-refractivity contribution in [3.63, 3.8) is 0 Å². The summed E-state index contributed by atoms with van der Waals surface area (Å²) in [6.07, 6.45) is 1.68. The second kappa shape index (κ2) is 7.05. The molecule has 6 nitrogen and oxygen atoms in total. The molecular weight excluding hydrogens is 350 g/mol. The minimum Gasteiger partial charge on any atom is -0.438 e. The Balaban J connectivity index is 1.74. The quantitative estimate of drug-likeness (QED) is 0.544. The van der Waals surface area contributed by atoms with Gasteiger partial charge in [-0.05, 0) is 56.2 Å². The molecule has 2 aromatic heterocycles. The first-order chi connectivity index (χ1) is 13.5. The van der Waals surface area contributed by atoms with Gasteiger partial charge < -0.3 is 10.1 Å². The summed E-state index contributed by atoms with van der Waals surface area (Å²) < 4.78 is 7.87. The van der Waals surface area contributed by atoms with E-state index < -0.39 is 0 Å². The molecule has 0 radical (unpaired) electrons. The van der Waals surface area contributed by atoms with Crippen LogP contribution in [-0.2, 0) is 0 Å². The van der Waals surface area contributed by atoms with Gasteiger partial charge >= 0.3 is 0 Å². The van der Waals surface area contributed by atoms with Crippen LogP contribution < -0.4 is 10.1 Å². The molecule has 0 saturated heterocycles. The average molecular weight is 369 g/mol.